The van der Waals surface area contributed by atoms with Crippen molar-refractivity contribution in [2.75, 3.05) is 6.26 Å². The van der Waals surface area contributed by atoms with Gasteiger partial charge in [-0.25, -0.2) is 13.4 Å². The second kappa shape index (κ2) is 3.81. The van der Waals surface area contributed by atoms with Crippen LogP contribution in [0.4, 0.5) is 0 Å². The summed E-state index contributed by atoms with van der Waals surface area (Å²) in [5, 5.41) is 0. The lowest BCUT2D eigenvalue weighted by atomic mass is 10.2. The molecule has 0 fully saturated rings. The molecule has 0 bridgehead atoms. The van der Waals surface area contributed by atoms with E-state index in [1.807, 2.05) is 18.2 Å². The molecule has 0 unspecified atom stereocenters. The smallest absolute Gasteiger partial charge is 0.159 e. The van der Waals surface area contributed by atoms with Crippen molar-refractivity contribution in [1.82, 2.24) is 9.97 Å². The Morgan fingerprint density at radius 2 is 2.00 bits per heavy atom. The Bertz CT molecular complexity index is 674. The first kappa shape index (κ1) is 12.6. The van der Waals surface area contributed by atoms with Crippen molar-refractivity contribution in [3.8, 4) is 0 Å². The van der Waals surface area contributed by atoms with E-state index in [1.165, 1.54) is 6.26 Å². The number of nitrogens with zero attached hydrogens (tertiary/aromatic N) is 1. The predicted octanol–water partition coefficient (Wildman–Crippen LogP) is 2.61. The lowest BCUT2D eigenvalue weighted by Gasteiger charge is -2.19. The molecule has 1 aromatic carbocycles. The van der Waals surface area contributed by atoms with Gasteiger partial charge in [-0.05, 0) is 32.0 Å². The van der Waals surface area contributed by atoms with Crippen molar-refractivity contribution >= 4 is 36.8 Å². The number of hydrogen-bond donors (Lipinski definition) is 1. The molecule has 0 saturated heterocycles. The van der Waals surface area contributed by atoms with Crippen LogP contribution in [0.25, 0.3) is 11.0 Å². The maximum absolute atomic E-state index is 11.7. The molecule has 17 heavy (non-hydrogen) atoms. The normalized spacial score (nSPS) is 13.2. The number of nitrogens with one attached hydrogen (secondary N) is 1. The number of aromatic nitrogens is 2. The summed E-state index contributed by atoms with van der Waals surface area (Å²) in [5.41, 5.74) is 1.59. The van der Waals surface area contributed by atoms with E-state index in [-0.39, 0.29) is 0 Å². The monoisotopic (exact) mass is 316 g/mol. The molecule has 0 aliphatic rings. The van der Waals surface area contributed by atoms with E-state index in [4.69, 9.17) is 0 Å². The zero-order valence-corrected chi connectivity index (χ0v) is 12.2. The summed E-state index contributed by atoms with van der Waals surface area (Å²) < 4.78 is 23.4. The van der Waals surface area contributed by atoms with Crippen LogP contribution < -0.4 is 0 Å². The molecule has 1 N–H and O–H groups in total. The molecule has 2 aromatic rings. The maximum Gasteiger partial charge on any atom is 0.159 e. The van der Waals surface area contributed by atoms with Gasteiger partial charge >= 0.3 is 0 Å². The van der Waals surface area contributed by atoms with Crippen LogP contribution >= 0.6 is 15.9 Å². The molecule has 0 atom stereocenters. The average molecular weight is 317 g/mol. The van der Waals surface area contributed by atoms with E-state index >= 15 is 0 Å². The number of benzene rings is 1. The highest BCUT2D eigenvalue weighted by atomic mass is 79.9. The minimum absolute atomic E-state index is 0.466. The summed E-state index contributed by atoms with van der Waals surface area (Å²) in [5.74, 6) is 0.466. The average Bonchev–Trinajstić information content (AvgIpc) is 2.58. The molecule has 92 valence electrons. The second-order valence-electron chi connectivity index (χ2n) is 4.53. The van der Waals surface area contributed by atoms with Crippen molar-refractivity contribution in [2.24, 2.45) is 0 Å². The third-order valence-electron chi connectivity index (χ3n) is 2.94. The van der Waals surface area contributed by atoms with Crippen LogP contribution in [0.1, 0.15) is 19.7 Å². The molecular weight excluding hydrogens is 304 g/mol. The van der Waals surface area contributed by atoms with Gasteiger partial charge in [0.05, 0.1) is 11.0 Å². The molecule has 0 saturated carbocycles. The van der Waals surface area contributed by atoms with E-state index in [1.54, 1.807) is 13.8 Å². The highest BCUT2D eigenvalue weighted by molar-refractivity contribution is 9.10. The lowest BCUT2D eigenvalue weighted by Crippen LogP contribution is -2.29. The van der Waals surface area contributed by atoms with Crippen LogP contribution in [-0.4, -0.2) is 24.6 Å². The summed E-state index contributed by atoms with van der Waals surface area (Å²) in [6.45, 7) is 3.30. The van der Waals surface area contributed by atoms with Crippen LogP contribution in [0.5, 0.6) is 0 Å². The van der Waals surface area contributed by atoms with E-state index in [0.29, 0.717) is 5.82 Å². The maximum atomic E-state index is 11.7. The molecule has 6 heteroatoms. The third kappa shape index (κ3) is 2.11. The molecule has 0 radical (unpaired) electrons. The summed E-state index contributed by atoms with van der Waals surface area (Å²) in [6, 6.07) is 5.60. The molecule has 2 rings (SSSR count). The van der Waals surface area contributed by atoms with E-state index in [9.17, 15) is 8.42 Å². The summed E-state index contributed by atoms with van der Waals surface area (Å²) >= 11 is 3.37. The number of rotatable bonds is 2. The molecule has 4 nitrogen and oxygen atoms in total. The van der Waals surface area contributed by atoms with E-state index < -0.39 is 14.6 Å². The largest absolute Gasteiger partial charge is 0.341 e. The predicted molar refractivity (Wildman–Crippen MR) is 71.7 cm³/mol. The zero-order valence-electron chi connectivity index (χ0n) is 9.78. The van der Waals surface area contributed by atoms with E-state index in [2.05, 4.69) is 25.9 Å². The van der Waals surface area contributed by atoms with Gasteiger partial charge in [-0.2, -0.15) is 0 Å². The van der Waals surface area contributed by atoms with Crippen LogP contribution in [0.2, 0.25) is 0 Å². The van der Waals surface area contributed by atoms with Gasteiger partial charge in [-0.3, -0.25) is 0 Å². The first-order valence-electron chi connectivity index (χ1n) is 5.07. The molecule has 0 amide bonds. The molecule has 0 spiro atoms. The number of H-pyrrole nitrogens is 1. The van der Waals surface area contributed by atoms with Crippen LogP contribution in [-0.2, 0) is 14.6 Å². The number of halogens is 1. The standard InChI is InChI=1S/C11H13BrN2O2S/c1-11(2,17(3,15)16)10-13-8-5-4-7(12)6-9(8)14-10/h4-6H,1-3H3,(H,13,14). The minimum Gasteiger partial charge on any atom is -0.341 e. The number of imidazole rings is 1. The fourth-order valence-corrected chi connectivity index (χ4v) is 2.25. The van der Waals surface area contributed by atoms with Gasteiger partial charge in [0, 0.05) is 10.7 Å². The fraction of sp³-hybridized carbons (Fsp3) is 0.364. The van der Waals surface area contributed by atoms with Crippen molar-refractivity contribution in [3.05, 3.63) is 28.5 Å². The quantitative estimate of drug-likeness (QED) is 0.926. The van der Waals surface area contributed by atoms with Gasteiger partial charge in [0.1, 0.15) is 10.6 Å². The number of fused-ring (bicyclic) bond motifs is 1. The topological polar surface area (TPSA) is 62.8 Å². The Hall–Kier alpha value is -0.880. The third-order valence-corrected chi connectivity index (χ3v) is 5.48. The first-order chi connectivity index (χ1) is 7.72. The molecule has 0 aliphatic heterocycles. The van der Waals surface area contributed by atoms with Gasteiger partial charge in [0.25, 0.3) is 0 Å². The molecule has 0 aliphatic carbocycles. The highest BCUT2D eigenvalue weighted by Gasteiger charge is 2.35. The van der Waals surface area contributed by atoms with E-state index in [0.717, 1.165) is 15.5 Å². The Kier molecular flexibility index (Phi) is 2.82. The van der Waals surface area contributed by atoms with Gasteiger partial charge in [0.15, 0.2) is 9.84 Å². The molecule has 1 heterocycles. The second-order valence-corrected chi connectivity index (χ2v) is 8.01. The van der Waals surface area contributed by atoms with Crippen molar-refractivity contribution in [3.63, 3.8) is 0 Å². The number of aromatic amines is 1. The van der Waals surface area contributed by atoms with Crippen LogP contribution in [0.3, 0.4) is 0 Å². The summed E-state index contributed by atoms with van der Waals surface area (Å²) in [7, 11) is -3.22. The Balaban J connectivity index is 2.65. The number of sulfone groups is 1. The SMILES string of the molecule is CC(C)(c1nc2ccc(Br)cc2[nH]1)S(C)(=O)=O. The van der Waals surface area contributed by atoms with Crippen LogP contribution in [0, 0.1) is 0 Å². The zero-order chi connectivity index (χ0) is 12.8. The summed E-state index contributed by atoms with van der Waals surface area (Å²) in [4.78, 5) is 7.40. The minimum atomic E-state index is -3.22. The molecule has 1 aromatic heterocycles. The highest BCUT2D eigenvalue weighted by Crippen LogP contribution is 2.29. The fourth-order valence-electron chi connectivity index (χ4n) is 1.44. The van der Waals surface area contributed by atoms with Gasteiger partial charge < -0.3 is 4.98 Å². The Labute approximate surface area is 108 Å². The van der Waals surface area contributed by atoms with Crippen molar-refractivity contribution < 1.29 is 8.42 Å². The molecular formula is C11H13BrN2O2S. The lowest BCUT2D eigenvalue weighted by molar-refractivity contribution is 0.553. The Morgan fingerprint density at radius 3 is 2.59 bits per heavy atom. The van der Waals surface area contributed by atoms with Gasteiger partial charge in [0.2, 0.25) is 0 Å². The number of hydrogen-bond acceptors (Lipinski definition) is 3. The van der Waals surface area contributed by atoms with Gasteiger partial charge in [-0.15, -0.1) is 0 Å². The first-order valence-corrected chi connectivity index (χ1v) is 7.75. The van der Waals surface area contributed by atoms with Gasteiger partial charge in [-0.1, -0.05) is 15.9 Å². The summed E-state index contributed by atoms with van der Waals surface area (Å²) in [6.07, 6.45) is 1.22. The van der Waals surface area contributed by atoms with Crippen molar-refractivity contribution in [2.45, 2.75) is 18.6 Å². The van der Waals surface area contributed by atoms with Crippen LogP contribution in [0.15, 0.2) is 22.7 Å². The van der Waals surface area contributed by atoms with Crippen molar-refractivity contribution in [1.29, 1.82) is 0 Å². The Morgan fingerprint density at radius 1 is 1.35 bits per heavy atom.